The fourth-order valence-electron chi connectivity index (χ4n) is 3.23. The van der Waals surface area contributed by atoms with Crippen molar-refractivity contribution in [2.45, 2.75) is 57.1 Å². The molecule has 1 aliphatic carbocycles. The van der Waals surface area contributed by atoms with E-state index in [-0.39, 0.29) is 19.1 Å². The molecule has 1 saturated heterocycles. The summed E-state index contributed by atoms with van der Waals surface area (Å²) in [5.74, 6) is 0.626. The Morgan fingerprint density at radius 3 is 2.30 bits per heavy atom. The number of aliphatic imine (C=N–C) groups is 1. The lowest BCUT2D eigenvalue weighted by atomic mass is 10.1. The Morgan fingerprint density at radius 2 is 1.81 bits per heavy atom. The third-order valence-corrected chi connectivity index (χ3v) is 6.53. The lowest BCUT2D eigenvalue weighted by Crippen LogP contribution is -2.51. The molecule has 0 spiro atoms. The van der Waals surface area contributed by atoms with Gasteiger partial charge in [0.25, 0.3) is 0 Å². The van der Waals surface area contributed by atoms with Gasteiger partial charge in [-0.3, -0.25) is 9.89 Å². The summed E-state index contributed by atoms with van der Waals surface area (Å²) in [4.78, 5) is 6.95. The normalized spacial score (nSPS) is 20.9. The summed E-state index contributed by atoms with van der Waals surface area (Å²) in [5, 5.41) is 6.36. The summed E-state index contributed by atoms with van der Waals surface area (Å²) in [6.45, 7) is 6.96. The third-order valence-electron chi connectivity index (χ3n) is 4.90. The molecule has 0 unspecified atom stereocenters. The maximum Gasteiger partial charge on any atom is 0.511 e. The number of rotatable bonds is 8. The van der Waals surface area contributed by atoms with Gasteiger partial charge in [0.15, 0.2) is 5.96 Å². The van der Waals surface area contributed by atoms with Crippen LogP contribution in [0.5, 0.6) is 0 Å². The number of hydrogen-bond acceptors (Lipinski definition) is 4. The van der Waals surface area contributed by atoms with Crippen molar-refractivity contribution in [3.63, 3.8) is 0 Å². The highest BCUT2D eigenvalue weighted by Crippen LogP contribution is 2.29. The topological polar surface area (TPSA) is 77.0 Å². The van der Waals surface area contributed by atoms with Gasteiger partial charge in [-0.15, -0.1) is 0 Å². The van der Waals surface area contributed by atoms with Gasteiger partial charge in [-0.25, -0.2) is 8.42 Å². The van der Waals surface area contributed by atoms with Crippen molar-refractivity contribution >= 4 is 16.0 Å². The lowest BCUT2D eigenvalue weighted by Gasteiger charge is -2.32. The van der Waals surface area contributed by atoms with E-state index in [9.17, 15) is 21.6 Å². The van der Waals surface area contributed by atoms with E-state index in [1.807, 2.05) is 6.92 Å². The second kappa shape index (κ2) is 9.42. The average Bonchev–Trinajstić information content (AvgIpc) is 3.43. The fraction of sp³-hybridized carbons (Fsp3) is 0.938. The van der Waals surface area contributed by atoms with Crippen LogP contribution in [0.1, 0.15) is 39.5 Å². The van der Waals surface area contributed by atoms with Gasteiger partial charge in [0.2, 0.25) is 0 Å². The number of halogens is 3. The molecule has 2 aliphatic rings. The Hall–Kier alpha value is -1.07. The summed E-state index contributed by atoms with van der Waals surface area (Å²) in [6, 6.07) is 0.578. The second-order valence-electron chi connectivity index (χ2n) is 6.89. The van der Waals surface area contributed by atoms with E-state index in [1.54, 1.807) is 0 Å². The van der Waals surface area contributed by atoms with Crippen LogP contribution in [0.4, 0.5) is 13.2 Å². The van der Waals surface area contributed by atoms with Crippen molar-refractivity contribution in [2.24, 2.45) is 4.99 Å². The van der Waals surface area contributed by atoms with Gasteiger partial charge in [-0.05, 0) is 39.2 Å². The van der Waals surface area contributed by atoms with Crippen molar-refractivity contribution in [2.75, 3.05) is 39.3 Å². The predicted molar refractivity (Wildman–Crippen MR) is 99.0 cm³/mol. The van der Waals surface area contributed by atoms with E-state index < -0.39 is 15.5 Å². The first-order valence-electron chi connectivity index (χ1n) is 9.54. The van der Waals surface area contributed by atoms with Gasteiger partial charge < -0.3 is 10.6 Å². The van der Waals surface area contributed by atoms with Crippen LogP contribution in [0.2, 0.25) is 0 Å². The smallest absolute Gasteiger partial charge is 0.357 e. The molecule has 1 saturated carbocycles. The summed E-state index contributed by atoms with van der Waals surface area (Å²) < 4.78 is 61.4. The van der Waals surface area contributed by atoms with Crippen LogP contribution in [-0.2, 0) is 10.0 Å². The fourth-order valence-corrected chi connectivity index (χ4v) is 4.21. The van der Waals surface area contributed by atoms with E-state index in [4.69, 9.17) is 0 Å². The highest BCUT2D eigenvalue weighted by atomic mass is 32.2. The summed E-state index contributed by atoms with van der Waals surface area (Å²) in [7, 11) is -5.24. The summed E-state index contributed by atoms with van der Waals surface area (Å²) >= 11 is 0. The quantitative estimate of drug-likeness (QED) is 0.464. The number of guanidine groups is 1. The summed E-state index contributed by atoms with van der Waals surface area (Å²) in [6.07, 6.45) is 3.11. The molecule has 27 heavy (non-hydrogen) atoms. The molecule has 2 N–H and O–H groups in total. The first-order valence-corrected chi connectivity index (χ1v) is 11.0. The Morgan fingerprint density at radius 1 is 1.19 bits per heavy atom. The first-order chi connectivity index (χ1) is 12.7. The summed E-state index contributed by atoms with van der Waals surface area (Å²) in [5.41, 5.74) is -5.24. The Labute approximate surface area is 159 Å². The molecule has 0 aromatic carbocycles. The molecule has 0 aromatic rings. The molecule has 0 bridgehead atoms. The molecule has 0 radical (unpaired) electrons. The number of nitrogens with one attached hydrogen (secondary N) is 2. The zero-order chi connectivity index (χ0) is 20.1. The number of alkyl halides is 3. The maximum atomic E-state index is 12.6. The van der Waals surface area contributed by atoms with E-state index in [0.29, 0.717) is 42.2 Å². The van der Waals surface area contributed by atoms with Gasteiger partial charge in [0.05, 0.1) is 6.54 Å². The van der Waals surface area contributed by atoms with Crippen LogP contribution in [0.15, 0.2) is 4.99 Å². The molecule has 0 atom stereocenters. The predicted octanol–water partition coefficient (Wildman–Crippen LogP) is 1.34. The van der Waals surface area contributed by atoms with E-state index in [1.165, 1.54) is 12.8 Å². The molecule has 11 heteroatoms. The van der Waals surface area contributed by atoms with E-state index in [2.05, 4.69) is 27.4 Å². The minimum Gasteiger partial charge on any atom is -0.357 e. The monoisotopic (exact) mass is 413 g/mol. The van der Waals surface area contributed by atoms with Crippen molar-refractivity contribution in [3.8, 4) is 0 Å². The Kier molecular flexibility index (Phi) is 7.75. The number of hydrogen-bond donors (Lipinski definition) is 2. The zero-order valence-electron chi connectivity index (χ0n) is 15.9. The average molecular weight is 414 g/mol. The largest absolute Gasteiger partial charge is 0.511 e. The standard InChI is InChI=1S/C16H30F3N5O2S/c1-3-20-15(21-9-12-23(4-2)14-5-6-14)22-13-7-10-24(11-8-13)27(25,26)16(17,18)19/h13-14H,3-12H2,1-2H3,(H2,20,21,22). The Bertz CT molecular complexity index is 600. The molecule has 7 nitrogen and oxygen atoms in total. The number of nitrogens with zero attached hydrogens (tertiary/aromatic N) is 3. The van der Waals surface area contributed by atoms with Gasteiger partial charge in [-0.2, -0.15) is 17.5 Å². The van der Waals surface area contributed by atoms with Gasteiger partial charge in [0.1, 0.15) is 0 Å². The molecule has 1 aliphatic heterocycles. The van der Waals surface area contributed by atoms with E-state index in [0.717, 1.165) is 13.1 Å². The highest BCUT2D eigenvalue weighted by Gasteiger charge is 2.50. The lowest BCUT2D eigenvalue weighted by molar-refractivity contribution is -0.0494. The van der Waals surface area contributed by atoms with Crippen molar-refractivity contribution < 1.29 is 21.6 Å². The minimum absolute atomic E-state index is 0.104. The maximum absolute atomic E-state index is 12.6. The number of piperidine rings is 1. The van der Waals surface area contributed by atoms with Gasteiger partial charge in [0, 0.05) is 38.3 Å². The van der Waals surface area contributed by atoms with Crippen LogP contribution in [0.3, 0.4) is 0 Å². The SMILES string of the molecule is CCNC(=NCCN(CC)C1CC1)NC1CCN(S(=O)(=O)C(F)(F)F)CC1. The van der Waals surface area contributed by atoms with Crippen LogP contribution < -0.4 is 10.6 Å². The van der Waals surface area contributed by atoms with Gasteiger partial charge in [-0.1, -0.05) is 6.92 Å². The molecule has 158 valence electrons. The van der Waals surface area contributed by atoms with Gasteiger partial charge >= 0.3 is 15.5 Å². The molecular weight excluding hydrogens is 383 g/mol. The first kappa shape index (κ1) is 22.2. The van der Waals surface area contributed by atoms with Crippen LogP contribution in [-0.4, -0.2) is 80.4 Å². The van der Waals surface area contributed by atoms with Crippen molar-refractivity contribution in [3.05, 3.63) is 0 Å². The van der Waals surface area contributed by atoms with E-state index >= 15 is 0 Å². The second-order valence-corrected chi connectivity index (χ2v) is 8.82. The number of likely N-dealkylation sites (N-methyl/N-ethyl adjacent to an activating group) is 1. The van der Waals surface area contributed by atoms with Crippen molar-refractivity contribution in [1.82, 2.24) is 19.8 Å². The molecule has 2 fully saturated rings. The zero-order valence-corrected chi connectivity index (χ0v) is 16.7. The highest BCUT2D eigenvalue weighted by molar-refractivity contribution is 7.90. The molecule has 0 amide bonds. The van der Waals surface area contributed by atoms with Crippen LogP contribution in [0, 0.1) is 0 Å². The minimum atomic E-state index is -5.24. The van der Waals surface area contributed by atoms with Crippen LogP contribution in [0.25, 0.3) is 0 Å². The third kappa shape index (κ3) is 6.21. The Balaban J connectivity index is 1.84. The molecular formula is C16H30F3N5O2S. The molecule has 0 aromatic heterocycles. The number of sulfonamides is 1. The van der Waals surface area contributed by atoms with Crippen molar-refractivity contribution in [1.29, 1.82) is 0 Å². The van der Waals surface area contributed by atoms with Crippen LogP contribution >= 0.6 is 0 Å². The molecule has 2 rings (SSSR count). The molecule has 1 heterocycles.